The molecule has 0 aliphatic rings. The average Bonchev–Trinajstić information content (AvgIpc) is 2.38. The van der Waals surface area contributed by atoms with Crippen molar-refractivity contribution in [3.05, 3.63) is 17.7 Å². The zero-order valence-corrected chi connectivity index (χ0v) is 11.6. The van der Waals surface area contributed by atoms with Crippen molar-refractivity contribution < 1.29 is 14.2 Å². The van der Waals surface area contributed by atoms with Gasteiger partial charge in [-0.1, -0.05) is 13.8 Å². The number of hydrazine groups is 1. The molecule has 0 bridgehead atoms. The topological polar surface area (TPSA) is 65.7 Å². The molecule has 0 spiro atoms. The Bertz CT molecular complexity index is 394. The van der Waals surface area contributed by atoms with Crippen molar-refractivity contribution in [2.45, 2.75) is 19.9 Å². The van der Waals surface area contributed by atoms with Crippen molar-refractivity contribution in [2.75, 3.05) is 21.3 Å². The maximum Gasteiger partial charge on any atom is 0.203 e. The molecule has 5 heteroatoms. The molecule has 1 unspecified atom stereocenters. The molecule has 5 nitrogen and oxygen atoms in total. The first kappa shape index (κ1) is 14.6. The largest absolute Gasteiger partial charge is 0.493 e. The first-order valence-corrected chi connectivity index (χ1v) is 5.85. The molecule has 1 aromatic rings. The Morgan fingerprint density at radius 3 is 2.00 bits per heavy atom. The highest BCUT2D eigenvalue weighted by molar-refractivity contribution is 5.56. The standard InChI is InChI=1S/C13H22N2O3/c1-8(2)11(15-14)9-6-7-10(16-3)13(18-5)12(9)17-4/h6-8,11,15H,14H2,1-5H3. The molecule has 0 aliphatic carbocycles. The number of ether oxygens (including phenoxy) is 3. The van der Waals surface area contributed by atoms with Gasteiger partial charge in [-0.15, -0.1) is 0 Å². The summed E-state index contributed by atoms with van der Waals surface area (Å²) in [4.78, 5) is 0. The van der Waals surface area contributed by atoms with Crippen molar-refractivity contribution in [3.8, 4) is 17.2 Å². The monoisotopic (exact) mass is 254 g/mol. The van der Waals surface area contributed by atoms with Gasteiger partial charge in [0.15, 0.2) is 11.5 Å². The van der Waals surface area contributed by atoms with E-state index in [1.165, 1.54) is 0 Å². The molecule has 1 atom stereocenters. The van der Waals surface area contributed by atoms with Gasteiger partial charge in [0.05, 0.1) is 27.4 Å². The molecule has 0 radical (unpaired) electrons. The van der Waals surface area contributed by atoms with E-state index in [1.807, 2.05) is 12.1 Å². The molecule has 18 heavy (non-hydrogen) atoms. The molecular formula is C13H22N2O3. The fourth-order valence-corrected chi connectivity index (χ4v) is 2.01. The highest BCUT2D eigenvalue weighted by Crippen LogP contribution is 2.43. The number of nitrogens with two attached hydrogens (primary N) is 1. The van der Waals surface area contributed by atoms with Crippen molar-refractivity contribution in [3.63, 3.8) is 0 Å². The third-order valence-electron chi connectivity index (χ3n) is 2.92. The first-order valence-electron chi connectivity index (χ1n) is 5.85. The summed E-state index contributed by atoms with van der Waals surface area (Å²) < 4.78 is 16.0. The van der Waals surface area contributed by atoms with Crippen molar-refractivity contribution in [1.29, 1.82) is 0 Å². The maximum absolute atomic E-state index is 5.61. The van der Waals surface area contributed by atoms with Crippen LogP contribution in [-0.2, 0) is 0 Å². The van der Waals surface area contributed by atoms with Crippen LogP contribution in [0.15, 0.2) is 12.1 Å². The minimum atomic E-state index is -0.0141. The van der Waals surface area contributed by atoms with E-state index in [9.17, 15) is 0 Å². The Morgan fingerprint density at radius 1 is 1.00 bits per heavy atom. The summed E-state index contributed by atoms with van der Waals surface area (Å²) >= 11 is 0. The van der Waals surface area contributed by atoms with Gasteiger partial charge in [0, 0.05) is 5.56 Å². The van der Waals surface area contributed by atoms with Crippen molar-refractivity contribution >= 4 is 0 Å². The molecule has 0 heterocycles. The Balaban J connectivity index is 3.36. The van der Waals surface area contributed by atoms with Gasteiger partial charge in [0.25, 0.3) is 0 Å². The van der Waals surface area contributed by atoms with Gasteiger partial charge >= 0.3 is 0 Å². The van der Waals surface area contributed by atoms with Gasteiger partial charge in [0.2, 0.25) is 5.75 Å². The van der Waals surface area contributed by atoms with Crippen LogP contribution in [0.5, 0.6) is 17.2 Å². The van der Waals surface area contributed by atoms with Crippen LogP contribution in [-0.4, -0.2) is 21.3 Å². The minimum Gasteiger partial charge on any atom is -0.493 e. The van der Waals surface area contributed by atoms with E-state index < -0.39 is 0 Å². The predicted molar refractivity (Wildman–Crippen MR) is 71.0 cm³/mol. The van der Waals surface area contributed by atoms with E-state index in [-0.39, 0.29) is 6.04 Å². The minimum absolute atomic E-state index is 0.0141. The van der Waals surface area contributed by atoms with Gasteiger partial charge in [-0.25, -0.2) is 0 Å². The second-order valence-corrected chi connectivity index (χ2v) is 4.31. The molecule has 1 rings (SSSR count). The lowest BCUT2D eigenvalue weighted by Gasteiger charge is -2.24. The first-order chi connectivity index (χ1) is 8.60. The lowest BCUT2D eigenvalue weighted by atomic mass is 9.95. The Labute approximate surface area is 108 Å². The second kappa shape index (κ2) is 6.47. The number of methoxy groups -OCH3 is 3. The van der Waals surface area contributed by atoms with Crippen molar-refractivity contribution in [1.82, 2.24) is 5.43 Å². The van der Waals surface area contributed by atoms with Gasteiger partial charge in [-0.3, -0.25) is 11.3 Å². The van der Waals surface area contributed by atoms with Gasteiger partial charge in [-0.05, 0) is 18.1 Å². The Kier molecular flexibility index (Phi) is 5.25. The highest BCUT2D eigenvalue weighted by Gasteiger charge is 2.23. The van der Waals surface area contributed by atoms with Crippen LogP contribution in [0.4, 0.5) is 0 Å². The molecule has 102 valence electrons. The van der Waals surface area contributed by atoms with Crippen molar-refractivity contribution in [2.24, 2.45) is 11.8 Å². The predicted octanol–water partition coefficient (Wildman–Crippen LogP) is 1.87. The van der Waals surface area contributed by atoms with E-state index in [0.717, 1.165) is 5.56 Å². The summed E-state index contributed by atoms with van der Waals surface area (Å²) in [6, 6.07) is 3.77. The summed E-state index contributed by atoms with van der Waals surface area (Å²) in [7, 11) is 4.79. The van der Waals surface area contributed by atoms with Crippen LogP contribution in [0.2, 0.25) is 0 Å². The number of nitrogens with one attached hydrogen (secondary N) is 1. The molecule has 0 fully saturated rings. The zero-order valence-electron chi connectivity index (χ0n) is 11.6. The summed E-state index contributed by atoms with van der Waals surface area (Å²) in [5.74, 6) is 7.80. The summed E-state index contributed by atoms with van der Waals surface area (Å²) in [6.45, 7) is 4.17. The number of hydrogen-bond donors (Lipinski definition) is 2. The van der Waals surface area contributed by atoms with Gasteiger partial charge in [0.1, 0.15) is 0 Å². The molecule has 0 aromatic heterocycles. The molecule has 0 saturated heterocycles. The molecule has 3 N–H and O–H groups in total. The van der Waals surface area contributed by atoms with Crippen LogP contribution < -0.4 is 25.5 Å². The van der Waals surface area contributed by atoms with E-state index in [1.54, 1.807) is 21.3 Å². The lowest BCUT2D eigenvalue weighted by Crippen LogP contribution is -2.31. The van der Waals surface area contributed by atoms with E-state index in [0.29, 0.717) is 23.2 Å². The molecule has 1 aromatic carbocycles. The van der Waals surface area contributed by atoms with Crippen LogP contribution in [0.1, 0.15) is 25.5 Å². The molecular weight excluding hydrogens is 232 g/mol. The molecule has 0 aliphatic heterocycles. The number of rotatable bonds is 6. The van der Waals surface area contributed by atoms with Crippen LogP contribution >= 0.6 is 0 Å². The summed E-state index contributed by atoms with van der Waals surface area (Å²) in [5, 5.41) is 0. The normalized spacial score (nSPS) is 12.4. The third kappa shape index (κ3) is 2.68. The zero-order chi connectivity index (χ0) is 13.7. The fraction of sp³-hybridized carbons (Fsp3) is 0.538. The maximum atomic E-state index is 5.61. The van der Waals surface area contributed by atoms with Crippen LogP contribution in [0.25, 0.3) is 0 Å². The number of benzene rings is 1. The third-order valence-corrected chi connectivity index (χ3v) is 2.92. The Hall–Kier alpha value is -1.46. The smallest absolute Gasteiger partial charge is 0.203 e. The SMILES string of the molecule is COc1ccc(C(NN)C(C)C)c(OC)c1OC. The summed E-state index contributed by atoms with van der Waals surface area (Å²) in [6.07, 6.45) is 0. The fourth-order valence-electron chi connectivity index (χ4n) is 2.01. The van der Waals surface area contributed by atoms with Gasteiger partial charge < -0.3 is 14.2 Å². The quantitative estimate of drug-likeness (QED) is 0.599. The second-order valence-electron chi connectivity index (χ2n) is 4.31. The van der Waals surface area contributed by atoms with Crippen LogP contribution in [0.3, 0.4) is 0 Å². The summed E-state index contributed by atoms with van der Waals surface area (Å²) in [5.41, 5.74) is 3.76. The molecule has 0 saturated carbocycles. The van der Waals surface area contributed by atoms with E-state index >= 15 is 0 Å². The van der Waals surface area contributed by atoms with E-state index in [2.05, 4.69) is 19.3 Å². The lowest BCUT2D eigenvalue weighted by molar-refractivity contribution is 0.314. The Morgan fingerprint density at radius 2 is 1.61 bits per heavy atom. The van der Waals surface area contributed by atoms with Gasteiger partial charge in [-0.2, -0.15) is 0 Å². The number of hydrogen-bond acceptors (Lipinski definition) is 5. The van der Waals surface area contributed by atoms with E-state index in [4.69, 9.17) is 20.1 Å². The van der Waals surface area contributed by atoms with Crippen LogP contribution in [0, 0.1) is 5.92 Å². The average molecular weight is 254 g/mol. The highest BCUT2D eigenvalue weighted by atomic mass is 16.5. The molecule has 0 amide bonds.